The van der Waals surface area contributed by atoms with Crippen molar-refractivity contribution in [2.45, 2.75) is 56.5 Å². The highest BCUT2D eigenvalue weighted by molar-refractivity contribution is 6.61. The maximum absolute atomic E-state index is 11.1. The van der Waals surface area contributed by atoms with E-state index in [9.17, 15) is 4.79 Å². The first-order valence-corrected chi connectivity index (χ1v) is 21.0. The molecular formula is C28H60O15Si3. The standard InChI is InChI=1S/C10H20O5Si.2C9H20O5Si/c1-9(2)10(11)15-7-6-8-16(12-3,13-4)14-5;2*1-10-15(11-2,12-3)6-4-5-13-7-9-8-14-9/h1,6-8H2,2-5H3;2*9H,4-8H2,1-3H3. The fourth-order valence-corrected chi connectivity index (χ4v) is 8.85. The molecule has 2 unspecified atom stereocenters. The molecule has 2 atom stereocenters. The highest BCUT2D eigenvalue weighted by Crippen LogP contribution is 2.17. The van der Waals surface area contributed by atoms with Gasteiger partial charge in [-0.05, 0) is 26.2 Å². The van der Waals surface area contributed by atoms with E-state index in [4.69, 9.17) is 63.5 Å². The van der Waals surface area contributed by atoms with Gasteiger partial charge in [0.1, 0.15) is 12.2 Å². The van der Waals surface area contributed by atoms with Gasteiger partial charge in [-0.15, -0.1) is 0 Å². The first kappa shape index (κ1) is 45.3. The number of carbonyl (C=O) groups excluding carboxylic acids is 1. The minimum Gasteiger partial charge on any atom is -0.462 e. The highest BCUT2D eigenvalue weighted by atomic mass is 28.4. The van der Waals surface area contributed by atoms with E-state index in [0.717, 1.165) is 38.1 Å². The van der Waals surface area contributed by atoms with Gasteiger partial charge in [-0.25, -0.2) is 4.79 Å². The third-order valence-corrected chi connectivity index (χ3v) is 15.5. The molecule has 0 spiro atoms. The topological polar surface area (TPSA) is 153 Å². The summed E-state index contributed by atoms with van der Waals surface area (Å²) in [7, 11) is 7.09. The highest BCUT2D eigenvalue weighted by Gasteiger charge is 2.38. The SMILES string of the molecule is C=C(C)C(=O)OCCC[Si](OC)(OC)OC.CO[Si](CCCOCC1CO1)(OC)OC.CO[Si](CCCOCC1CO1)(OC)OC. The van der Waals surface area contributed by atoms with Crippen LogP contribution in [0, 0.1) is 0 Å². The Morgan fingerprint density at radius 1 is 0.587 bits per heavy atom. The van der Waals surface area contributed by atoms with Gasteiger partial charge >= 0.3 is 32.4 Å². The van der Waals surface area contributed by atoms with Gasteiger partial charge in [-0.1, -0.05) is 6.58 Å². The van der Waals surface area contributed by atoms with E-state index < -0.39 is 26.4 Å². The molecule has 18 heteroatoms. The van der Waals surface area contributed by atoms with E-state index >= 15 is 0 Å². The van der Waals surface area contributed by atoms with E-state index in [1.165, 1.54) is 0 Å². The molecule has 2 saturated heterocycles. The van der Waals surface area contributed by atoms with E-state index in [-0.39, 0.29) is 5.97 Å². The molecule has 2 aliphatic heterocycles. The van der Waals surface area contributed by atoms with Crippen molar-refractivity contribution >= 4 is 32.4 Å². The van der Waals surface area contributed by atoms with Crippen molar-refractivity contribution in [1.82, 2.24) is 0 Å². The molecule has 0 bridgehead atoms. The van der Waals surface area contributed by atoms with Crippen molar-refractivity contribution in [3.8, 4) is 0 Å². The zero-order valence-electron chi connectivity index (χ0n) is 29.7. The fourth-order valence-electron chi connectivity index (χ4n) is 3.78. The second-order valence-corrected chi connectivity index (χ2v) is 19.4. The second kappa shape index (κ2) is 26.2. The summed E-state index contributed by atoms with van der Waals surface area (Å²) in [5.41, 5.74) is 0.397. The number of hydrogen-bond acceptors (Lipinski definition) is 15. The van der Waals surface area contributed by atoms with Crippen LogP contribution in [-0.2, 0) is 68.3 Å². The normalized spacial score (nSPS) is 17.3. The molecule has 0 aromatic rings. The van der Waals surface area contributed by atoms with E-state index in [1.54, 1.807) is 70.9 Å². The predicted molar refractivity (Wildman–Crippen MR) is 176 cm³/mol. The smallest absolute Gasteiger partial charge is 0.462 e. The maximum atomic E-state index is 11.1. The molecule has 0 radical (unpaired) electrons. The van der Waals surface area contributed by atoms with Crippen molar-refractivity contribution in [3.05, 3.63) is 12.2 Å². The maximum Gasteiger partial charge on any atom is 0.500 e. The minimum atomic E-state index is -2.53. The van der Waals surface area contributed by atoms with E-state index in [0.29, 0.717) is 63.3 Å². The van der Waals surface area contributed by atoms with Gasteiger partial charge in [-0.3, -0.25) is 0 Å². The Bertz CT molecular complexity index is 712. The van der Waals surface area contributed by atoms with Gasteiger partial charge in [0, 0.05) is 101 Å². The second-order valence-electron chi connectivity index (χ2n) is 10.2. The Hall–Kier alpha value is -0.659. The molecule has 0 aliphatic carbocycles. The lowest BCUT2D eigenvalue weighted by Gasteiger charge is -2.24. The van der Waals surface area contributed by atoms with Crippen LogP contribution >= 0.6 is 0 Å². The zero-order valence-corrected chi connectivity index (χ0v) is 32.7. The van der Waals surface area contributed by atoms with Gasteiger partial charge in [0.15, 0.2) is 0 Å². The van der Waals surface area contributed by atoms with Crippen molar-refractivity contribution in [1.29, 1.82) is 0 Å². The molecule has 0 N–H and O–H groups in total. The molecule has 15 nitrogen and oxygen atoms in total. The lowest BCUT2D eigenvalue weighted by atomic mass is 10.4. The third-order valence-electron chi connectivity index (χ3n) is 6.96. The summed E-state index contributed by atoms with van der Waals surface area (Å²) in [5, 5.41) is 0. The molecule has 0 saturated carbocycles. The molecule has 0 aromatic heterocycles. The van der Waals surface area contributed by atoms with Crippen LogP contribution in [0.15, 0.2) is 12.2 Å². The molecule has 2 heterocycles. The molecule has 46 heavy (non-hydrogen) atoms. The average molecular weight is 721 g/mol. The minimum absolute atomic E-state index is 0.316. The number of hydrogen-bond donors (Lipinski definition) is 0. The van der Waals surface area contributed by atoms with Gasteiger partial charge in [0.05, 0.1) is 33.0 Å². The van der Waals surface area contributed by atoms with Gasteiger partial charge in [-0.2, -0.15) is 0 Å². The summed E-state index contributed by atoms with van der Waals surface area (Å²) in [4.78, 5) is 11.1. The summed E-state index contributed by atoms with van der Waals surface area (Å²) in [6, 6.07) is 2.17. The number of epoxide rings is 2. The van der Waals surface area contributed by atoms with Crippen LogP contribution in [0.2, 0.25) is 18.1 Å². The van der Waals surface area contributed by atoms with Crippen molar-refractivity contribution in [3.63, 3.8) is 0 Å². The lowest BCUT2D eigenvalue weighted by molar-refractivity contribution is -0.139. The Morgan fingerprint density at radius 3 is 1.11 bits per heavy atom. The molecule has 2 aliphatic rings. The molecular weight excluding hydrogens is 661 g/mol. The Morgan fingerprint density at radius 2 is 0.870 bits per heavy atom. The Labute approximate surface area is 279 Å². The van der Waals surface area contributed by atoms with E-state index in [2.05, 4.69) is 6.58 Å². The van der Waals surface area contributed by atoms with Gasteiger partial charge in [0.2, 0.25) is 0 Å². The third kappa shape index (κ3) is 20.0. The Kier molecular flexibility index (Phi) is 25.9. The number of carbonyl (C=O) groups is 1. The van der Waals surface area contributed by atoms with Crippen molar-refractivity contribution in [2.75, 3.05) is 110 Å². The van der Waals surface area contributed by atoms with Gasteiger partial charge in [0.25, 0.3) is 0 Å². The van der Waals surface area contributed by atoms with Crippen LogP contribution in [0.4, 0.5) is 0 Å². The monoisotopic (exact) mass is 720 g/mol. The quantitative estimate of drug-likeness (QED) is 0.0423. The average Bonchev–Trinajstić information content (AvgIpc) is 4.03. The first-order valence-electron chi connectivity index (χ1n) is 15.2. The number of ether oxygens (including phenoxy) is 5. The summed E-state index contributed by atoms with van der Waals surface area (Å²) in [6.07, 6.45) is 3.07. The predicted octanol–water partition coefficient (Wildman–Crippen LogP) is 2.71. The molecule has 2 fully saturated rings. The van der Waals surface area contributed by atoms with Crippen molar-refractivity contribution < 1.29 is 68.3 Å². The summed E-state index contributed by atoms with van der Waals surface area (Å²) in [6.45, 7) is 9.89. The van der Waals surface area contributed by atoms with Crippen LogP contribution in [0.5, 0.6) is 0 Å². The summed E-state index contributed by atoms with van der Waals surface area (Å²) in [5.74, 6) is -0.375. The number of esters is 1. The van der Waals surface area contributed by atoms with Crippen LogP contribution in [-0.4, -0.2) is 155 Å². The lowest BCUT2D eigenvalue weighted by Crippen LogP contribution is -2.42. The Balaban J connectivity index is 0.000000660. The van der Waals surface area contributed by atoms with Crippen LogP contribution < -0.4 is 0 Å². The zero-order chi connectivity index (χ0) is 34.9. The molecule has 0 amide bonds. The van der Waals surface area contributed by atoms with Crippen LogP contribution in [0.1, 0.15) is 26.2 Å². The summed E-state index contributed by atoms with van der Waals surface area (Å²) >= 11 is 0. The largest absolute Gasteiger partial charge is 0.500 e. The van der Waals surface area contributed by atoms with Crippen LogP contribution in [0.3, 0.4) is 0 Å². The van der Waals surface area contributed by atoms with E-state index in [1.807, 2.05) is 0 Å². The summed E-state index contributed by atoms with van der Waals surface area (Å²) < 4.78 is 73.3. The molecule has 2 rings (SSSR count). The van der Waals surface area contributed by atoms with Crippen LogP contribution in [0.25, 0.3) is 0 Å². The molecule has 0 aromatic carbocycles. The first-order chi connectivity index (χ1) is 22.0. The fraction of sp³-hybridized carbons (Fsp3) is 0.893. The van der Waals surface area contributed by atoms with Gasteiger partial charge < -0.3 is 63.5 Å². The number of rotatable bonds is 26. The van der Waals surface area contributed by atoms with Crippen molar-refractivity contribution in [2.24, 2.45) is 0 Å². The molecule has 274 valence electrons.